The highest BCUT2D eigenvalue weighted by molar-refractivity contribution is 6.28. The van der Waals surface area contributed by atoms with Crippen LogP contribution >= 0.6 is 0 Å². The van der Waals surface area contributed by atoms with E-state index in [4.69, 9.17) is 13.8 Å². The molecule has 0 unspecified atom stereocenters. The summed E-state index contributed by atoms with van der Waals surface area (Å²) in [4.78, 5) is 4.90. The molecule has 0 spiro atoms. The number of fused-ring (bicyclic) bond motifs is 12. The molecule has 0 N–H and O–H groups in total. The van der Waals surface area contributed by atoms with E-state index in [2.05, 4.69) is 126 Å². The van der Waals surface area contributed by atoms with Crippen LogP contribution in [0.15, 0.2) is 154 Å². The fourth-order valence-corrected chi connectivity index (χ4v) is 7.72. The fraction of sp³-hybridized carbons (Fsp3) is 0. The summed E-state index contributed by atoms with van der Waals surface area (Å²) in [6.45, 7) is 0. The van der Waals surface area contributed by atoms with Crippen LogP contribution in [0.1, 0.15) is 0 Å². The van der Waals surface area contributed by atoms with Gasteiger partial charge >= 0.3 is 0 Å². The van der Waals surface area contributed by atoms with E-state index in [9.17, 15) is 0 Å². The zero-order chi connectivity index (χ0) is 30.6. The lowest BCUT2D eigenvalue weighted by atomic mass is 10.00. The first kappa shape index (κ1) is 24.9. The molecule has 11 rings (SSSR count). The third-order valence-corrected chi connectivity index (χ3v) is 9.78. The predicted molar refractivity (Wildman–Crippen MR) is 194 cm³/mol. The van der Waals surface area contributed by atoms with Crippen molar-refractivity contribution in [2.24, 2.45) is 0 Å². The zero-order valence-corrected chi connectivity index (χ0v) is 25.1. The Hall–Kier alpha value is -6.39. The minimum atomic E-state index is 0.563. The molecular weight excluding hydrogens is 576 g/mol. The van der Waals surface area contributed by atoms with Gasteiger partial charge in [0, 0.05) is 33.3 Å². The van der Waals surface area contributed by atoms with Crippen molar-refractivity contribution < 1.29 is 8.83 Å². The zero-order valence-electron chi connectivity index (χ0n) is 25.1. The molecule has 0 radical (unpaired) electrons. The molecule has 0 amide bonds. The highest BCUT2D eigenvalue weighted by atomic mass is 16.4. The number of rotatable bonds is 2. The van der Waals surface area contributed by atoms with E-state index in [1.165, 1.54) is 43.4 Å². The maximum atomic E-state index is 6.83. The van der Waals surface area contributed by atoms with E-state index < -0.39 is 0 Å². The molecule has 0 atom stereocenters. The molecule has 3 aromatic heterocycles. The standard InChI is InChI=1S/C43H24N2O2/c1-4-12-29-25(9-1)17-21-35-39(29)40-30-13-5-2-10-26(30)18-22-36(40)45(35)28-19-20-32-33-23-27-11-3-6-14-31(27)41(42(33)46-38(32)24-28)43-44-34-15-7-8-16-37(34)47-43/h1-24H. The lowest BCUT2D eigenvalue weighted by Gasteiger charge is -2.08. The molecule has 4 nitrogen and oxygen atoms in total. The van der Waals surface area contributed by atoms with Gasteiger partial charge in [-0.15, -0.1) is 0 Å². The van der Waals surface area contributed by atoms with Crippen molar-refractivity contribution in [2.45, 2.75) is 0 Å². The first-order chi connectivity index (χ1) is 23.3. The van der Waals surface area contributed by atoms with E-state index >= 15 is 0 Å². The molecule has 0 aliphatic carbocycles. The topological polar surface area (TPSA) is 44.1 Å². The minimum Gasteiger partial charge on any atom is -0.455 e. The molecule has 0 bridgehead atoms. The molecule has 4 heteroatoms. The van der Waals surface area contributed by atoms with Crippen molar-refractivity contribution >= 4 is 87.2 Å². The molecule has 0 saturated carbocycles. The number of oxazole rings is 1. The lowest BCUT2D eigenvalue weighted by Crippen LogP contribution is -1.93. The normalized spacial score (nSPS) is 12.3. The van der Waals surface area contributed by atoms with Crippen molar-refractivity contribution in [2.75, 3.05) is 0 Å². The summed E-state index contributed by atoms with van der Waals surface area (Å²) < 4.78 is 15.6. The molecule has 0 saturated heterocycles. The van der Waals surface area contributed by atoms with Crippen LogP contribution in [0.2, 0.25) is 0 Å². The Morgan fingerprint density at radius 3 is 1.81 bits per heavy atom. The van der Waals surface area contributed by atoms with Crippen LogP contribution in [0.4, 0.5) is 0 Å². The molecule has 3 heterocycles. The molecule has 0 fully saturated rings. The van der Waals surface area contributed by atoms with Crippen molar-refractivity contribution in [3.8, 4) is 17.1 Å². The Kier molecular flexibility index (Phi) is 4.81. The second kappa shape index (κ2) is 9.09. The number of nitrogens with zero attached hydrogens (tertiary/aromatic N) is 2. The van der Waals surface area contributed by atoms with E-state index in [0.29, 0.717) is 5.89 Å². The number of hydrogen-bond acceptors (Lipinski definition) is 3. The van der Waals surface area contributed by atoms with Gasteiger partial charge in [0.2, 0.25) is 5.89 Å². The first-order valence-electron chi connectivity index (χ1n) is 15.9. The molecule has 218 valence electrons. The highest BCUT2D eigenvalue weighted by Crippen LogP contribution is 2.44. The van der Waals surface area contributed by atoms with E-state index in [1.807, 2.05) is 24.3 Å². The first-order valence-corrected chi connectivity index (χ1v) is 15.9. The smallest absolute Gasteiger partial charge is 0.231 e. The second-order valence-electron chi connectivity index (χ2n) is 12.3. The van der Waals surface area contributed by atoms with Crippen LogP contribution in [0, 0.1) is 0 Å². The summed E-state index contributed by atoms with van der Waals surface area (Å²) in [6.07, 6.45) is 0. The number of furan rings is 1. The predicted octanol–water partition coefficient (Wildman–Crippen LogP) is 12.0. The summed E-state index contributed by atoms with van der Waals surface area (Å²) in [5.74, 6) is 0.563. The van der Waals surface area contributed by atoms with Crippen LogP contribution in [-0.2, 0) is 0 Å². The van der Waals surface area contributed by atoms with Gasteiger partial charge in [0.25, 0.3) is 0 Å². The molecule has 47 heavy (non-hydrogen) atoms. The van der Waals surface area contributed by atoms with Gasteiger partial charge in [0.05, 0.1) is 16.6 Å². The number of aromatic nitrogens is 2. The Balaban J connectivity index is 1.23. The number of hydrogen-bond donors (Lipinski definition) is 0. The second-order valence-corrected chi connectivity index (χ2v) is 12.3. The highest BCUT2D eigenvalue weighted by Gasteiger charge is 2.22. The average molecular weight is 601 g/mol. The molecule has 0 aliphatic heterocycles. The molecule has 8 aromatic carbocycles. The van der Waals surface area contributed by atoms with Crippen LogP contribution in [0.5, 0.6) is 0 Å². The summed E-state index contributed by atoms with van der Waals surface area (Å²) in [7, 11) is 0. The van der Waals surface area contributed by atoms with E-state index in [1.54, 1.807) is 0 Å². The molecule has 0 aliphatic rings. The summed E-state index contributed by atoms with van der Waals surface area (Å²) in [5.41, 5.74) is 7.45. The summed E-state index contributed by atoms with van der Waals surface area (Å²) in [5, 5.41) is 11.8. The van der Waals surface area contributed by atoms with Crippen LogP contribution in [0.3, 0.4) is 0 Å². The van der Waals surface area contributed by atoms with Crippen LogP contribution < -0.4 is 0 Å². The minimum absolute atomic E-state index is 0.563. The van der Waals surface area contributed by atoms with Gasteiger partial charge in [-0.3, -0.25) is 0 Å². The van der Waals surface area contributed by atoms with Gasteiger partial charge in [-0.2, -0.15) is 0 Å². The van der Waals surface area contributed by atoms with Gasteiger partial charge in [0.15, 0.2) is 5.58 Å². The molecular formula is C43H24N2O2. The third kappa shape index (κ3) is 3.39. The van der Waals surface area contributed by atoms with Gasteiger partial charge in [-0.05, 0) is 74.8 Å². The van der Waals surface area contributed by atoms with Crippen molar-refractivity contribution in [1.29, 1.82) is 0 Å². The summed E-state index contributed by atoms with van der Waals surface area (Å²) >= 11 is 0. The summed E-state index contributed by atoms with van der Waals surface area (Å²) in [6, 6.07) is 51.4. The van der Waals surface area contributed by atoms with Gasteiger partial charge in [-0.1, -0.05) is 97.1 Å². The fourth-order valence-electron chi connectivity index (χ4n) is 7.72. The largest absolute Gasteiger partial charge is 0.455 e. The Morgan fingerprint density at radius 1 is 0.447 bits per heavy atom. The quantitative estimate of drug-likeness (QED) is 0.198. The van der Waals surface area contributed by atoms with Gasteiger partial charge in [0.1, 0.15) is 16.7 Å². The SMILES string of the molecule is c1ccc2c(-c3nc4ccccc4o3)c3oc4cc(-n5c6ccc7ccccc7c6c6c7ccccc7ccc65)ccc4c3cc2c1. The van der Waals surface area contributed by atoms with Crippen LogP contribution in [0.25, 0.3) is 104 Å². The Bertz CT molecular complexity index is 2960. The van der Waals surface area contributed by atoms with E-state index in [0.717, 1.165) is 55.1 Å². The monoisotopic (exact) mass is 600 g/mol. The van der Waals surface area contributed by atoms with Gasteiger partial charge in [-0.25, -0.2) is 4.98 Å². The maximum Gasteiger partial charge on any atom is 0.231 e. The van der Waals surface area contributed by atoms with Crippen molar-refractivity contribution in [3.05, 3.63) is 146 Å². The average Bonchev–Trinajstić information content (AvgIpc) is 3.82. The number of benzene rings is 8. The maximum absolute atomic E-state index is 6.83. The van der Waals surface area contributed by atoms with Crippen LogP contribution in [-0.4, -0.2) is 9.55 Å². The van der Waals surface area contributed by atoms with Crippen molar-refractivity contribution in [1.82, 2.24) is 9.55 Å². The van der Waals surface area contributed by atoms with Gasteiger partial charge < -0.3 is 13.4 Å². The van der Waals surface area contributed by atoms with Crippen molar-refractivity contribution in [3.63, 3.8) is 0 Å². The molecule has 11 aromatic rings. The lowest BCUT2D eigenvalue weighted by molar-refractivity contribution is 0.616. The third-order valence-electron chi connectivity index (χ3n) is 9.78. The Labute approximate surface area is 267 Å². The van der Waals surface area contributed by atoms with E-state index in [-0.39, 0.29) is 0 Å². The Morgan fingerprint density at radius 2 is 1.09 bits per heavy atom. The number of para-hydroxylation sites is 2.